The van der Waals surface area contributed by atoms with Gasteiger partial charge in [0.15, 0.2) is 0 Å². The highest BCUT2D eigenvalue weighted by Crippen LogP contribution is 2.35. The normalized spacial score (nSPS) is 12.5. The third-order valence-electron chi connectivity index (χ3n) is 3.37. The van der Waals surface area contributed by atoms with Crippen LogP contribution in [0.25, 0.3) is 11.1 Å². The molecule has 2 aromatic carbocycles. The number of rotatable bonds is 3. The van der Waals surface area contributed by atoms with E-state index in [0.29, 0.717) is 11.1 Å². The molecule has 0 bridgehead atoms. The molecule has 0 saturated carbocycles. The molecule has 0 unspecified atom stereocenters. The average molecular weight is 333 g/mol. The van der Waals surface area contributed by atoms with Gasteiger partial charge in [-0.25, -0.2) is 0 Å². The number of hydrogen-bond acceptors (Lipinski definition) is 1. The number of nitrogens with two attached hydrogens (primary N) is 1. The third-order valence-corrected chi connectivity index (χ3v) is 3.37. The molecule has 0 aliphatic carbocycles. The zero-order chi connectivity index (χ0) is 17.3. The van der Waals surface area contributed by atoms with Crippen LogP contribution in [-0.4, -0.2) is 6.54 Å². The predicted molar refractivity (Wildman–Crippen MR) is 74.6 cm³/mol. The van der Waals surface area contributed by atoms with Gasteiger partial charge < -0.3 is 5.73 Å². The Morgan fingerprint density at radius 1 is 0.739 bits per heavy atom. The smallest absolute Gasteiger partial charge is 0.330 e. The summed E-state index contributed by atoms with van der Waals surface area (Å²) >= 11 is 0. The first-order valence-corrected chi connectivity index (χ1v) is 6.71. The summed E-state index contributed by atoms with van der Waals surface area (Å²) in [6.07, 6.45) is -8.92. The van der Waals surface area contributed by atoms with Crippen LogP contribution in [0, 0.1) is 0 Å². The van der Waals surface area contributed by atoms with Crippen molar-refractivity contribution < 1.29 is 26.3 Å². The quantitative estimate of drug-likeness (QED) is 0.795. The van der Waals surface area contributed by atoms with Gasteiger partial charge in [-0.1, -0.05) is 24.3 Å². The minimum Gasteiger partial charge on any atom is -0.330 e. The van der Waals surface area contributed by atoms with Crippen LogP contribution in [0.1, 0.15) is 16.7 Å². The molecule has 0 aromatic heterocycles. The number of alkyl halides is 6. The Morgan fingerprint density at radius 2 is 1.30 bits per heavy atom. The molecule has 0 fully saturated rings. The lowest BCUT2D eigenvalue weighted by Crippen LogP contribution is -2.12. The molecule has 0 spiro atoms. The van der Waals surface area contributed by atoms with Crippen LogP contribution in [0.15, 0.2) is 42.5 Å². The number of halogens is 6. The predicted octanol–water partition coefficient (Wildman–Crippen LogP) is 4.89. The molecule has 2 aromatic rings. The summed E-state index contributed by atoms with van der Waals surface area (Å²) in [6, 6.07) is 7.75. The van der Waals surface area contributed by atoms with Crippen molar-refractivity contribution in [2.75, 3.05) is 6.54 Å². The Kier molecular flexibility index (Phi) is 4.70. The molecule has 124 valence electrons. The van der Waals surface area contributed by atoms with Gasteiger partial charge in [0, 0.05) is 0 Å². The molecule has 2 N–H and O–H groups in total. The second kappa shape index (κ2) is 6.23. The van der Waals surface area contributed by atoms with E-state index in [1.165, 1.54) is 24.3 Å². The largest absolute Gasteiger partial charge is 0.416 e. The second-order valence-electron chi connectivity index (χ2n) is 4.98. The van der Waals surface area contributed by atoms with Crippen molar-refractivity contribution in [1.82, 2.24) is 0 Å². The van der Waals surface area contributed by atoms with E-state index < -0.39 is 23.5 Å². The summed E-state index contributed by atoms with van der Waals surface area (Å²) < 4.78 is 76.4. The van der Waals surface area contributed by atoms with Crippen LogP contribution in [0.2, 0.25) is 0 Å². The highest BCUT2D eigenvalue weighted by Gasteiger charge is 2.33. The maximum atomic E-state index is 12.9. The van der Waals surface area contributed by atoms with Gasteiger partial charge in [0.05, 0.1) is 11.1 Å². The zero-order valence-corrected chi connectivity index (χ0v) is 11.8. The molecule has 0 heterocycles. The average Bonchev–Trinajstić information content (AvgIpc) is 2.45. The Hall–Kier alpha value is -2.02. The molecular weight excluding hydrogens is 320 g/mol. The van der Waals surface area contributed by atoms with Gasteiger partial charge in [-0.15, -0.1) is 0 Å². The maximum Gasteiger partial charge on any atom is 0.416 e. The van der Waals surface area contributed by atoms with Gasteiger partial charge in [-0.3, -0.25) is 0 Å². The fourth-order valence-electron chi connectivity index (χ4n) is 2.26. The minimum absolute atomic E-state index is 0.0254. The Morgan fingerprint density at radius 3 is 1.78 bits per heavy atom. The van der Waals surface area contributed by atoms with Crippen LogP contribution in [-0.2, 0) is 18.8 Å². The van der Waals surface area contributed by atoms with Crippen LogP contribution in [0.3, 0.4) is 0 Å². The van der Waals surface area contributed by atoms with E-state index in [1.807, 2.05) is 0 Å². The van der Waals surface area contributed by atoms with Crippen LogP contribution in [0.4, 0.5) is 26.3 Å². The Balaban J connectivity index is 2.42. The first kappa shape index (κ1) is 17.3. The second-order valence-corrected chi connectivity index (χ2v) is 4.98. The molecule has 0 aliphatic rings. The summed E-state index contributed by atoms with van der Waals surface area (Å²) in [6.45, 7) is 0.0412. The van der Waals surface area contributed by atoms with E-state index in [1.54, 1.807) is 0 Å². The lowest BCUT2D eigenvalue weighted by Gasteiger charge is -2.14. The molecule has 7 heteroatoms. The summed E-state index contributed by atoms with van der Waals surface area (Å²) in [4.78, 5) is 0. The molecule has 0 amide bonds. The molecule has 2 rings (SSSR count). The van der Waals surface area contributed by atoms with Crippen LogP contribution in [0.5, 0.6) is 0 Å². The van der Waals surface area contributed by atoms with Crippen LogP contribution < -0.4 is 5.73 Å². The lowest BCUT2D eigenvalue weighted by molar-refractivity contribution is -0.138. The van der Waals surface area contributed by atoms with Crippen molar-refractivity contribution in [2.45, 2.75) is 18.8 Å². The highest BCUT2D eigenvalue weighted by atomic mass is 19.4. The van der Waals surface area contributed by atoms with Crippen molar-refractivity contribution in [1.29, 1.82) is 0 Å². The number of hydrogen-bond donors (Lipinski definition) is 1. The van der Waals surface area contributed by atoms with Crippen molar-refractivity contribution in [3.8, 4) is 11.1 Å². The summed E-state index contributed by atoms with van der Waals surface area (Å²) in [5.41, 5.74) is 4.59. The zero-order valence-electron chi connectivity index (χ0n) is 11.8. The van der Waals surface area contributed by atoms with Gasteiger partial charge >= 0.3 is 12.4 Å². The summed E-state index contributed by atoms with van der Waals surface area (Å²) in [5.74, 6) is 0. The SMILES string of the molecule is NCCc1cc(-c2ccc(C(F)(F)F)cc2)ccc1C(F)(F)F. The van der Waals surface area contributed by atoms with Crippen molar-refractivity contribution in [3.63, 3.8) is 0 Å². The molecule has 0 saturated heterocycles. The van der Waals surface area contributed by atoms with Gasteiger partial charge in [0.1, 0.15) is 0 Å². The molecular formula is C16H13F6N. The standard InChI is InChI=1S/C16H13F6N/c17-15(18,19)13-4-1-10(2-5-13)11-3-6-14(16(20,21)22)12(9-11)7-8-23/h1-6,9H,7-8,23H2. The molecule has 23 heavy (non-hydrogen) atoms. The van der Waals surface area contributed by atoms with Crippen molar-refractivity contribution >= 4 is 0 Å². The van der Waals surface area contributed by atoms with Crippen LogP contribution >= 0.6 is 0 Å². The molecule has 1 nitrogen and oxygen atoms in total. The minimum atomic E-state index is -4.50. The Labute approximate surface area is 128 Å². The fourth-order valence-corrected chi connectivity index (χ4v) is 2.26. The highest BCUT2D eigenvalue weighted by molar-refractivity contribution is 5.65. The third kappa shape index (κ3) is 4.04. The van der Waals surface area contributed by atoms with E-state index in [4.69, 9.17) is 5.73 Å². The van der Waals surface area contributed by atoms with Gasteiger partial charge in [0.2, 0.25) is 0 Å². The monoisotopic (exact) mass is 333 g/mol. The molecule has 0 atom stereocenters. The maximum absolute atomic E-state index is 12.9. The first-order valence-electron chi connectivity index (χ1n) is 6.71. The number of benzene rings is 2. The Bertz CT molecular complexity index is 670. The lowest BCUT2D eigenvalue weighted by atomic mass is 9.96. The summed E-state index contributed by atoms with van der Waals surface area (Å²) in [7, 11) is 0. The van der Waals surface area contributed by atoms with Crippen molar-refractivity contribution in [2.24, 2.45) is 5.73 Å². The van der Waals surface area contributed by atoms with Gasteiger partial charge in [0.25, 0.3) is 0 Å². The first-order chi connectivity index (χ1) is 10.6. The van der Waals surface area contributed by atoms with Crippen molar-refractivity contribution in [3.05, 3.63) is 59.2 Å². The summed E-state index contributed by atoms with van der Waals surface area (Å²) in [5, 5.41) is 0. The van der Waals surface area contributed by atoms with E-state index in [9.17, 15) is 26.3 Å². The van der Waals surface area contributed by atoms with E-state index >= 15 is 0 Å². The van der Waals surface area contributed by atoms with E-state index in [-0.39, 0.29) is 18.5 Å². The van der Waals surface area contributed by atoms with Gasteiger partial charge in [-0.2, -0.15) is 26.3 Å². The molecule has 0 aliphatic heterocycles. The molecule has 0 radical (unpaired) electrons. The van der Waals surface area contributed by atoms with E-state index in [0.717, 1.165) is 18.2 Å². The van der Waals surface area contributed by atoms with Gasteiger partial charge in [-0.05, 0) is 47.9 Å². The van der Waals surface area contributed by atoms with E-state index in [2.05, 4.69) is 0 Å². The topological polar surface area (TPSA) is 26.0 Å². The fraction of sp³-hybridized carbons (Fsp3) is 0.250.